The van der Waals surface area contributed by atoms with Crippen molar-refractivity contribution in [3.63, 3.8) is 0 Å². The smallest absolute Gasteiger partial charge is 0.0995 e. The number of fused-ring (bicyclic) bond motifs is 16. The van der Waals surface area contributed by atoms with Crippen molar-refractivity contribution in [1.82, 2.24) is 8.80 Å². The molecule has 4 heterocycles. The lowest BCUT2D eigenvalue weighted by atomic mass is 9.84. The highest BCUT2D eigenvalue weighted by molar-refractivity contribution is 6.30. The maximum atomic E-state index is 10.7. The fourth-order valence-electron chi connectivity index (χ4n) is 13.5. The molecule has 4 nitrogen and oxygen atoms in total. The normalized spacial score (nSPS) is 14.3. The third-order valence-electron chi connectivity index (χ3n) is 15.5. The fraction of sp³-hybridized carbons (Fsp3) is 0.254. The summed E-state index contributed by atoms with van der Waals surface area (Å²) in [4.78, 5) is 0. The van der Waals surface area contributed by atoms with Gasteiger partial charge in [-0.15, -0.1) is 0 Å². The molecule has 0 fully saturated rings. The number of aryl methyl sites for hydroxylation is 8. The molecule has 11 aromatic rings. The van der Waals surface area contributed by atoms with Crippen LogP contribution in [0.15, 0.2) is 72.8 Å². The van der Waals surface area contributed by atoms with E-state index >= 15 is 0 Å². The van der Waals surface area contributed by atoms with Gasteiger partial charge in [0.25, 0.3) is 0 Å². The molecule has 0 spiro atoms. The lowest BCUT2D eigenvalue weighted by Crippen LogP contribution is -2.07. The minimum absolute atomic E-state index is 0.427. The van der Waals surface area contributed by atoms with Crippen LogP contribution in [0.25, 0.3) is 98.4 Å². The summed E-state index contributed by atoms with van der Waals surface area (Å²) in [6.45, 7) is 13.4. The van der Waals surface area contributed by atoms with Crippen molar-refractivity contribution in [2.75, 3.05) is 0 Å². The van der Waals surface area contributed by atoms with Gasteiger partial charge in [0.15, 0.2) is 0 Å². The molecule has 0 saturated heterocycles. The number of nitrogens with zero attached hydrogens (tertiary/aromatic N) is 4. The van der Waals surface area contributed by atoms with Gasteiger partial charge in [-0.1, -0.05) is 35.4 Å². The van der Waals surface area contributed by atoms with Gasteiger partial charge in [0.1, 0.15) is 0 Å². The van der Waals surface area contributed by atoms with Crippen LogP contribution in [0, 0.1) is 64.2 Å². The third kappa shape index (κ3) is 4.79. The molecular formula is C59H48N4. The van der Waals surface area contributed by atoms with Gasteiger partial charge in [-0.25, -0.2) is 0 Å². The number of hydrogen-bond donors (Lipinski definition) is 0. The quantitative estimate of drug-likeness (QED) is 0.178. The zero-order valence-electron chi connectivity index (χ0n) is 37.1. The second kappa shape index (κ2) is 12.8. The molecule has 0 unspecified atom stereocenters. The molecule has 0 saturated carbocycles. The minimum atomic E-state index is 0.427. The van der Waals surface area contributed by atoms with Gasteiger partial charge in [0.2, 0.25) is 0 Å². The molecule has 0 N–H and O–H groups in total. The van der Waals surface area contributed by atoms with Crippen LogP contribution < -0.4 is 0 Å². The lowest BCUT2D eigenvalue weighted by molar-refractivity contribution is 0.685. The van der Waals surface area contributed by atoms with E-state index in [1.54, 1.807) is 0 Å². The predicted molar refractivity (Wildman–Crippen MR) is 262 cm³/mol. The van der Waals surface area contributed by atoms with E-state index in [2.05, 4.69) is 135 Å². The van der Waals surface area contributed by atoms with Crippen molar-refractivity contribution >= 4 is 76.2 Å². The Bertz CT molecular complexity index is 3920. The van der Waals surface area contributed by atoms with E-state index in [1.165, 1.54) is 167 Å². The zero-order valence-corrected chi connectivity index (χ0v) is 37.1. The van der Waals surface area contributed by atoms with Crippen LogP contribution in [-0.4, -0.2) is 8.80 Å². The summed E-state index contributed by atoms with van der Waals surface area (Å²) in [5, 5.41) is 31.2. The van der Waals surface area contributed by atoms with Crippen LogP contribution in [0.2, 0.25) is 0 Å². The number of benzene rings is 7. The zero-order chi connectivity index (χ0) is 42.7. The van der Waals surface area contributed by atoms with E-state index in [0.29, 0.717) is 6.42 Å². The van der Waals surface area contributed by atoms with Crippen molar-refractivity contribution in [1.29, 1.82) is 10.5 Å². The Labute approximate surface area is 367 Å². The molecule has 7 aromatic carbocycles. The molecule has 2 aliphatic carbocycles. The summed E-state index contributed by atoms with van der Waals surface area (Å²) in [6.07, 6.45) is 9.10. The Morgan fingerprint density at radius 1 is 0.444 bits per heavy atom. The van der Waals surface area contributed by atoms with Crippen molar-refractivity contribution < 1.29 is 0 Å². The highest BCUT2D eigenvalue weighted by Gasteiger charge is 2.29. The Morgan fingerprint density at radius 2 is 0.873 bits per heavy atom. The molecule has 63 heavy (non-hydrogen) atoms. The topological polar surface area (TPSA) is 56.4 Å². The fourth-order valence-corrected chi connectivity index (χ4v) is 13.5. The highest BCUT2D eigenvalue weighted by atomic mass is 14.9. The van der Waals surface area contributed by atoms with Gasteiger partial charge in [0, 0.05) is 43.1 Å². The molecular weight excluding hydrogens is 765 g/mol. The summed E-state index contributed by atoms with van der Waals surface area (Å²) >= 11 is 0. The molecule has 0 aliphatic heterocycles. The summed E-state index contributed by atoms with van der Waals surface area (Å²) < 4.78 is 5.09. The molecule has 0 atom stereocenters. The van der Waals surface area contributed by atoms with E-state index in [1.807, 2.05) is 0 Å². The van der Waals surface area contributed by atoms with E-state index in [4.69, 9.17) is 0 Å². The summed E-state index contributed by atoms with van der Waals surface area (Å²) in [5.41, 5.74) is 27.8. The van der Waals surface area contributed by atoms with Crippen molar-refractivity contribution in [2.24, 2.45) is 0 Å². The second-order valence-corrected chi connectivity index (χ2v) is 19.5. The molecule has 4 heteroatoms. The van der Waals surface area contributed by atoms with Crippen molar-refractivity contribution in [3.05, 3.63) is 140 Å². The van der Waals surface area contributed by atoms with Crippen LogP contribution in [0.1, 0.15) is 92.4 Å². The first-order valence-electron chi connectivity index (χ1n) is 23.1. The Morgan fingerprint density at radius 3 is 1.35 bits per heavy atom. The SMILES string of the molecule is Cc1cc(C)c(-c2cc3c4cc5c(cc4n4c6cc(C#N)c7c(c6c(c2)c34)CCCC7)c2cc(-c3c(C)cc(C)cc3C)cc3c4c6c(c(CC#N)cc4n5c23)CCCC6)c(C)c1. The third-order valence-corrected chi connectivity index (χ3v) is 15.5. The van der Waals surface area contributed by atoms with Gasteiger partial charge in [-0.3, -0.25) is 0 Å². The first kappa shape index (κ1) is 36.7. The van der Waals surface area contributed by atoms with E-state index in [9.17, 15) is 10.5 Å². The molecule has 4 aromatic heterocycles. The minimum Gasteiger partial charge on any atom is -0.308 e. The standard InChI is InChI=1S/C59H48N4/c1-30-17-32(3)54(33(4)18-30)37-21-46-44-28-51-45(27-50(44)62-52-25-36(15-16-60)40-11-7-9-13-42(40)56(52)48(23-37)58(46)62)47-22-38(55-34(5)19-31(2)20-35(55)6)24-49-57-43-14-10-8-12-41(43)39(29-61)26-53(57)63(51)59(47)49/h17-28H,7-15H2,1-6H3. The lowest BCUT2D eigenvalue weighted by Gasteiger charge is -2.20. The number of nitriles is 2. The Kier molecular flexibility index (Phi) is 7.49. The molecule has 0 bridgehead atoms. The molecule has 13 rings (SSSR count). The highest BCUT2D eigenvalue weighted by Crippen LogP contribution is 2.50. The Hall–Kier alpha value is -6.88. The largest absolute Gasteiger partial charge is 0.308 e. The van der Waals surface area contributed by atoms with E-state index in [0.717, 1.165) is 49.6 Å². The Balaban J connectivity index is 1.25. The van der Waals surface area contributed by atoms with Gasteiger partial charge < -0.3 is 8.80 Å². The van der Waals surface area contributed by atoms with E-state index < -0.39 is 0 Å². The summed E-state index contributed by atoms with van der Waals surface area (Å²) in [6, 6.07) is 34.0. The monoisotopic (exact) mass is 812 g/mol. The van der Waals surface area contributed by atoms with E-state index in [-0.39, 0.29) is 0 Å². The summed E-state index contributed by atoms with van der Waals surface area (Å²) in [7, 11) is 0. The van der Waals surface area contributed by atoms with Crippen LogP contribution in [0.5, 0.6) is 0 Å². The number of aromatic nitrogens is 2. The molecule has 2 aliphatic rings. The second-order valence-electron chi connectivity index (χ2n) is 19.5. The molecule has 0 amide bonds. The van der Waals surface area contributed by atoms with Crippen LogP contribution in [0.4, 0.5) is 0 Å². The van der Waals surface area contributed by atoms with Gasteiger partial charge >= 0.3 is 0 Å². The average molecular weight is 813 g/mol. The van der Waals surface area contributed by atoms with Gasteiger partial charge in [0.05, 0.1) is 57.2 Å². The van der Waals surface area contributed by atoms with Crippen LogP contribution in [0.3, 0.4) is 0 Å². The number of hydrogen-bond acceptors (Lipinski definition) is 2. The predicted octanol–water partition coefficient (Wildman–Crippen LogP) is 14.9. The first-order chi connectivity index (χ1) is 30.6. The first-order valence-corrected chi connectivity index (χ1v) is 23.1. The summed E-state index contributed by atoms with van der Waals surface area (Å²) in [5.74, 6) is 0. The molecule has 304 valence electrons. The van der Waals surface area contributed by atoms with Gasteiger partial charge in [-0.2, -0.15) is 10.5 Å². The van der Waals surface area contributed by atoms with Crippen LogP contribution in [-0.2, 0) is 32.1 Å². The van der Waals surface area contributed by atoms with Crippen molar-refractivity contribution in [3.8, 4) is 34.4 Å². The number of rotatable bonds is 3. The van der Waals surface area contributed by atoms with Crippen LogP contribution >= 0.6 is 0 Å². The average Bonchev–Trinajstić information content (AvgIpc) is 3.97. The van der Waals surface area contributed by atoms with Gasteiger partial charge in [-0.05, 0) is 214 Å². The maximum Gasteiger partial charge on any atom is 0.0995 e. The maximum absolute atomic E-state index is 10.7. The molecule has 0 radical (unpaired) electrons. The van der Waals surface area contributed by atoms with Crippen molar-refractivity contribution in [2.45, 2.75) is 99.3 Å².